The van der Waals surface area contributed by atoms with E-state index in [4.69, 9.17) is 0 Å². The van der Waals surface area contributed by atoms with Crippen molar-refractivity contribution in [3.63, 3.8) is 0 Å². The summed E-state index contributed by atoms with van der Waals surface area (Å²) in [5.74, 6) is 1.06. The molecule has 0 spiro atoms. The lowest BCUT2D eigenvalue weighted by atomic mass is 9.73. The smallest absolute Gasteiger partial charge is 0.224 e. The zero-order chi connectivity index (χ0) is 21.1. The third kappa shape index (κ3) is 4.24. The molecule has 0 saturated heterocycles. The van der Waals surface area contributed by atoms with Crippen LogP contribution in [-0.2, 0) is 6.42 Å². The Labute approximate surface area is 176 Å². The molecule has 0 aliphatic heterocycles. The number of hydrogen-bond acceptors (Lipinski definition) is 6. The van der Waals surface area contributed by atoms with Crippen LogP contribution < -0.4 is 10.6 Å². The highest BCUT2D eigenvalue weighted by molar-refractivity contribution is 5.82. The molecule has 2 heterocycles. The summed E-state index contributed by atoms with van der Waals surface area (Å²) in [7, 11) is 0. The number of fused-ring (bicyclic) bond motifs is 1. The fourth-order valence-electron chi connectivity index (χ4n) is 4.27. The van der Waals surface area contributed by atoms with Crippen molar-refractivity contribution in [3.8, 4) is 6.07 Å². The van der Waals surface area contributed by atoms with Gasteiger partial charge in [-0.15, -0.1) is 0 Å². The minimum Gasteiger partial charge on any atom is -0.393 e. The maximum absolute atomic E-state index is 10.2. The average molecular weight is 405 g/mol. The number of rotatable bonds is 6. The van der Waals surface area contributed by atoms with E-state index in [2.05, 4.69) is 69.8 Å². The average Bonchev–Trinajstić information content (AvgIpc) is 3.21. The van der Waals surface area contributed by atoms with Gasteiger partial charge in [-0.3, -0.25) is 0 Å². The lowest BCUT2D eigenvalue weighted by Gasteiger charge is -2.40. The minimum atomic E-state index is -0.294. The predicted octanol–water partition coefficient (Wildman–Crippen LogP) is 3.84. The molecule has 156 valence electrons. The van der Waals surface area contributed by atoms with Gasteiger partial charge in [0.05, 0.1) is 12.3 Å². The number of aromatic nitrogens is 3. The Morgan fingerprint density at radius 3 is 2.97 bits per heavy atom. The van der Waals surface area contributed by atoms with E-state index in [1.54, 1.807) is 6.20 Å². The summed E-state index contributed by atoms with van der Waals surface area (Å²) in [5.41, 5.74) is 2.67. The van der Waals surface area contributed by atoms with Crippen LogP contribution in [0.2, 0.25) is 0 Å². The van der Waals surface area contributed by atoms with Crippen LogP contribution in [0.3, 0.4) is 0 Å². The quantitative estimate of drug-likeness (QED) is 0.497. The molecule has 1 aromatic carbocycles. The van der Waals surface area contributed by atoms with E-state index in [9.17, 15) is 10.4 Å². The monoisotopic (exact) mass is 404 g/mol. The fraction of sp³-hybridized carbons (Fsp3) is 0.435. The molecule has 0 bridgehead atoms. The number of H-pyrrole nitrogens is 1. The molecular weight excluding hydrogens is 376 g/mol. The second-order valence-corrected chi connectivity index (χ2v) is 8.73. The molecule has 1 saturated carbocycles. The van der Waals surface area contributed by atoms with Crippen molar-refractivity contribution in [2.75, 3.05) is 17.2 Å². The van der Waals surface area contributed by atoms with Crippen molar-refractivity contribution in [1.29, 1.82) is 5.26 Å². The SMILES string of the molecule is CC1(C)C[C@H](Nc2nc(NCCc3cccc4cc[nH]c34)ncc2C#N)CCC1O. The highest BCUT2D eigenvalue weighted by atomic mass is 16.3. The Hall–Kier alpha value is -3.11. The number of nitrogens with one attached hydrogen (secondary N) is 3. The van der Waals surface area contributed by atoms with Gasteiger partial charge >= 0.3 is 0 Å². The molecule has 1 unspecified atom stereocenters. The Kier molecular flexibility index (Phi) is 5.60. The lowest BCUT2D eigenvalue weighted by molar-refractivity contribution is 0.00926. The number of aliphatic hydroxyl groups is 1. The van der Waals surface area contributed by atoms with E-state index in [0.717, 1.165) is 31.2 Å². The molecule has 30 heavy (non-hydrogen) atoms. The van der Waals surface area contributed by atoms with Crippen molar-refractivity contribution in [3.05, 3.63) is 47.8 Å². The first-order chi connectivity index (χ1) is 14.5. The summed E-state index contributed by atoms with van der Waals surface area (Å²) < 4.78 is 0. The van der Waals surface area contributed by atoms with Gasteiger partial charge in [-0.25, -0.2) is 4.98 Å². The molecule has 3 aromatic rings. The number of nitriles is 1. The van der Waals surface area contributed by atoms with Crippen LogP contribution in [0.4, 0.5) is 11.8 Å². The van der Waals surface area contributed by atoms with Gasteiger partial charge in [0.15, 0.2) is 0 Å². The first-order valence-corrected chi connectivity index (χ1v) is 10.5. The van der Waals surface area contributed by atoms with Crippen molar-refractivity contribution in [2.45, 2.75) is 51.7 Å². The van der Waals surface area contributed by atoms with Gasteiger partial charge in [0.25, 0.3) is 0 Å². The molecule has 1 aliphatic rings. The maximum Gasteiger partial charge on any atom is 0.224 e. The van der Waals surface area contributed by atoms with Gasteiger partial charge < -0.3 is 20.7 Å². The van der Waals surface area contributed by atoms with Gasteiger partial charge in [-0.05, 0) is 48.1 Å². The third-order valence-corrected chi connectivity index (χ3v) is 6.06. The Balaban J connectivity index is 1.42. The van der Waals surface area contributed by atoms with Gasteiger partial charge in [0.2, 0.25) is 5.95 Å². The predicted molar refractivity (Wildman–Crippen MR) is 118 cm³/mol. The highest BCUT2D eigenvalue weighted by Gasteiger charge is 2.35. The van der Waals surface area contributed by atoms with Crippen LogP contribution in [0, 0.1) is 16.7 Å². The maximum atomic E-state index is 10.2. The van der Waals surface area contributed by atoms with Crippen molar-refractivity contribution in [2.24, 2.45) is 5.41 Å². The molecule has 7 nitrogen and oxygen atoms in total. The first kappa shape index (κ1) is 20.2. The number of anilines is 2. The molecule has 0 amide bonds. The summed E-state index contributed by atoms with van der Waals surface area (Å²) in [4.78, 5) is 12.1. The van der Waals surface area contributed by atoms with E-state index in [1.807, 2.05) is 6.20 Å². The molecule has 2 aromatic heterocycles. The third-order valence-electron chi connectivity index (χ3n) is 6.06. The topological polar surface area (TPSA) is 110 Å². The van der Waals surface area contributed by atoms with Crippen LogP contribution in [0.15, 0.2) is 36.7 Å². The molecule has 1 aliphatic carbocycles. The van der Waals surface area contributed by atoms with E-state index in [-0.39, 0.29) is 17.6 Å². The van der Waals surface area contributed by atoms with Gasteiger partial charge in [-0.1, -0.05) is 32.0 Å². The Morgan fingerprint density at radius 2 is 2.17 bits per heavy atom. The summed E-state index contributed by atoms with van der Waals surface area (Å²) in [6.07, 6.45) is 6.47. The van der Waals surface area contributed by atoms with Crippen LogP contribution in [0.1, 0.15) is 44.2 Å². The van der Waals surface area contributed by atoms with E-state index in [0.29, 0.717) is 23.9 Å². The van der Waals surface area contributed by atoms with Crippen molar-refractivity contribution < 1.29 is 5.11 Å². The zero-order valence-corrected chi connectivity index (χ0v) is 17.4. The number of benzene rings is 1. The normalized spacial score (nSPS) is 20.6. The van der Waals surface area contributed by atoms with Gasteiger partial charge in [0, 0.05) is 24.3 Å². The van der Waals surface area contributed by atoms with Crippen LogP contribution >= 0.6 is 0 Å². The first-order valence-electron chi connectivity index (χ1n) is 10.5. The Bertz CT molecular complexity index is 1070. The molecule has 0 radical (unpaired) electrons. The summed E-state index contributed by atoms with van der Waals surface area (Å²) >= 11 is 0. The second kappa shape index (κ2) is 8.33. The molecule has 4 N–H and O–H groups in total. The number of aliphatic hydroxyl groups excluding tert-OH is 1. The number of para-hydroxylation sites is 1. The van der Waals surface area contributed by atoms with Crippen LogP contribution in [0.5, 0.6) is 0 Å². The zero-order valence-electron chi connectivity index (χ0n) is 17.4. The second-order valence-electron chi connectivity index (χ2n) is 8.73. The summed E-state index contributed by atoms with van der Waals surface area (Å²) in [6.45, 7) is 4.84. The summed E-state index contributed by atoms with van der Waals surface area (Å²) in [5, 5.41) is 27.5. The van der Waals surface area contributed by atoms with Crippen molar-refractivity contribution >= 4 is 22.7 Å². The molecule has 4 rings (SSSR count). The van der Waals surface area contributed by atoms with Gasteiger partial charge in [0.1, 0.15) is 17.5 Å². The molecule has 2 atom stereocenters. The molecule has 1 fully saturated rings. The van der Waals surface area contributed by atoms with Crippen molar-refractivity contribution in [1.82, 2.24) is 15.0 Å². The standard InChI is InChI=1S/C23H28N6O/c1-23(2)12-18(6-7-19(23)30)28-21-17(13-24)14-27-22(29-21)26-11-9-16-5-3-4-15-8-10-25-20(15)16/h3-5,8,10,14,18-19,25,30H,6-7,9,11-12H2,1-2H3,(H2,26,27,28,29)/t18-,19?/m1/s1. The van der Waals surface area contributed by atoms with E-state index >= 15 is 0 Å². The van der Waals surface area contributed by atoms with Crippen LogP contribution in [-0.4, -0.2) is 38.7 Å². The van der Waals surface area contributed by atoms with Gasteiger partial charge in [-0.2, -0.15) is 10.2 Å². The van der Waals surface area contributed by atoms with E-state index in [1.165, 1.54) is 10.9 Å². The fourth-order valence-corrected chi connectivity index (χ4v) is 4.27. The largest absolute Gasteiger partial charge is 0.393 e. The Morgan fingerprint density at radius 1 is 1.30 bits per heavy atom. The number of aromatic amines is 1. The molecular formula is C23H28N6O. The lowest BCUT2D eigenvalue weighted by Crippen LogP contribution is -2.41. The number of hydrogen-bond donors (Lipinski definition) is 4. The van der Waals surface area contributed by atoms with E-state index < -0.39 is 0 Å². The van der Waals surface area contributed by atoms with Crippen LogP contribution in [0.25, 0.3) is 10.9 Å². The summed E-state index contributed by atoms with van der Waals surface area (Å²) in [6, 6.07) is 10.7. The molecule has 7 heteroatoms. The minimum absolute atomic E-state index is 0.157. The number of nitrogens with zero attached hydrogens (tertiary/aromatic N) is 3. The highest BCUT2D eigenvalue weighted by Crippen LogP contribution is 2.37.